The predicted molar refractivity (Wildman–Crippen MR) is 153 cm³/mol. The average Bonchev–Trinajstić information content (AvgIpc) is 2.90. The highest BCUT2D eigenvalue weighted by molar-refractivity contribution is 6.08. The fraction of sp³-hybridized carbons (Fsp3) is 0.179. The molecule has 0 saturated carbocycles. The van der Waals surface area contributed by atoms with Crippen LogP contribution in [0.4, 0.5) is 17.1 Å². The molecule has 0 atom stereocenters. The zero-order chi connectivity index (χ0) is 28.9. The van der Waals surface area contributed by atoms with Gasteiger partial charge in [0.25, 0.3) is 5.91 Å². The SMILES string of the molecule is CC(C)(C)NC(=O)c1ccc(NC2=NCN(Nc3ccc(C(=O)O)cc3)C(Nc3ccc(C(=O)O)cc3)=N2)cc1. The summed E-state index contributed by atoms with van der Waals surface area (Å²) in [5.74, 6) is -1.58. The lowest BCUT2D eigenvalue weighted by molar-refractivity contribution is 0.0686. The Kier molecular flexibility index (Phi) is 7.99. The van der Waals surface area contributed by atoms with Crippen molar-refractivity contribution in [2.45, 2.75) is 26.3 Å². The first-order valence-corrected chi connectivity index (χ1v) is 12.3. The maximum Gasteiger partial charge on any atom is 0.335 e. The van der Waals surface area contributed by atoms with Gasteiger partial charge in [-0.2, -0.15) is 4.99 Å². The van der Waals surface area contributed by atoms with Crippen LogP contribution in [-0.4, -0.2) is 57.2 Å². The number of aliphatic imine (C=N–C) groups is 2. The third-order valence-corrected chi connectivity index (χ3v) is 5.51. The summed E-state index contributed by atoms with van der Waals surface area (Å²) in [4.78, 5) is 43.9. The summed E-state index contributed by atoms with van der Waals surface area (Å²) in [6.45, 7) is 5.87. The van der Waals surface area contributed by atoms with Gasteiger partial charge in [-0.1, -0.05) is 0 Å². The normalized spacial score (nSPS) is 13.0. The number of nitrogens with zero attached hydrogens (tertiary/aromatic N) is 3. The lowest BCUT2D eigenvalue weighted by atomic mass is 10.1. The molecule has 12 heteroatoms. The Morgan fingerprint density at radius 2 is 1.20 bits per heavy atom. The minimum absolute atomic E-state index is 0.133. The molecule has 1 amide bonds. The number of hydrogen-bond acceptors (Lipinski definition) is 9. The first kappa shape index (κ1) is 27.6. The van der Waals surface area contributed by atoms with E-state index in [9.17, 15) is 19.5 Å². The molecule has 0 aromatic heterocycles. The van der Waals surface area contributed by atoms with Gasteiger partial charge in [0.05, 0.1) is 16.8 Å². The number of aromatic carboxylic acids is 2. The summed E-state index contributed by atoms with van der Waals surface area (Å²) in [5.41, 5.74) is 5.48. The zero-order valence-electron chi connectivity index (χ0n) is 22.1. The van der Waals surface area contributed by atoms with Crippen LogP contribution < -0.4 is 21.4 Å². The molecule has 0 unspecified atom stereocenters. The number of guanidine groups is 2. The number of carboxylic acids is 2. The third-order valence-electron chi connectivity index (χ3n) is 5.51. The number of carbonyl (C=O) groups is 3. The Balaban J connectivity index is 1.52. The highest BCUT2D eigenvalue weighted by Gasteiger charge is 2.19. The fourth-order valence-corrected chi connectivity index (χ4v) is 3.57. The van der Waals surface area contributed by atoms with Crippen molar-refractivity contribution >= 4 is 46.8 Å². The van der Waals surface area contributed by atoms with E-state index in [1.54, 1.807) is 53.5 Å². The number of carbonyl (C=O) groups excluding carboxylic acids is 1. The fourth-order valence-electron chi connectivity index (χ4n) is 3.57. The highest BCUT2D eigenvalue weighted by atomic mass is 16.4. The van der Waals surface area contributed by atoms with Gasteiger partial charge in [-0.25, -0.2) is 19.6 Å². The van der Waals surface area contributed by atoms with Crippen LogP contribution >= 0.6 is 0 Å². The van der Waals surface area contributed by atoms with E-state index in [0.29, 0.717) is 34.5 Å². The first-order chi connectivity index (χ1) is 19.0. The largest absolute Gasteiger partial charge is 0.478 e. The van der Waals surface area contributed by atoms with E-state index in [-0.39, 0.29) is 29.2 Å². The number of carboxylic acid groups (broad SMARTS) is 2. The smallest absolute Gasteiger partial charge is 0.335 e. The number of hydrogen-bond donors (Lipinski definition) is 6. The van der Waals surface area contributed by atoms with E-state index in [2.05, 4.69) is 31.4 Å². The summed E-state index contributed by atoms with van der Waals surface area (Å²) in [6.07, 6.45) is 0. The lowest BCUT2D eigenvalue weighted by Crippen LogP contribution is -2.44. The van der Waals surface area contributed by atoms with Crippen molar-refractivity contribution in [1.29, 1.82) is 0 Å². The molecular weight excluding hydrogens is 514 g/mol. The van der Waals surface area contributed by atoms with Gasteiger partial charge in [0.15, 0.2) is 0 Å². The van der Waals surface area contributed by atoms with E-state index in [1.807, 2.05) is 20.8 Å². The van der Waals surface area contributed by atoms with Crippen LogP contribution in [0.2, 0.25) is 0 Å². The molecule has 0 radical (unpaired) electrons. The second kappa shape index (κ2) is 11.6. The molecular formula is C28H29N7O5. The quantitative estimate of drug-likeness (QED) is 0.256. The van der Waals surface area contributed by atoms with Crippen LogP contribution in [-0.2, 0) is 0 Å². The maximum absolute atomic E-state index is 12.4. The van der Waals surface area contributed by atoms with Crippen LogP contribution in [0.5, 0.6) is 0 Å². The molecule has 0 aliphatic carbocycles. The van der Waals surface area contributed by atoms with Crippen LogP contribution in [0, 0.1) is 0 Å². The van der Waals surface area contributed by atoms with Crippen molar-refractivity contribution in [2.24, 2.45) is 9.98 Å². The Morgan fingerprint density at radius 3 is 1.70 bits per heavy atom. The van der Waals surface area contributed by atoms with Crippen LogP contribution in [0.15, 0.2) is 82.8 Å². The van der Waals surface area contributed by atoms with Crippen LogP contribution in [0.1, 0.15) is 51.8 Å². The maximum atomic E-state index is 12.4. The number of benzene rings is 3. The van der Waals surface area contributed by atoms with Crippen LogP contribution in [0.25, 0.3) is 0 Å². The Hall–Kier alpha value is -5.39. The van der Waals surface area contributed by atoms with Crippen molar-refractivity contribution in [3.63, 3.8) is 0 Å². The number of amides is 1. The molecule has 1 aliphatic heterocycles. The summed E-state index contributed by atoms with van der Waals surface area (Å²) in [5, 5.41) is 29.2. The molecule has 3 aromatic carbocycles. The van der Waals surface area contributed by atoms with E-state index < -0.39 is 11.9 Å². The summed E-state index contributed by atoms with van der Waals surface area (Å²) in [7, 11) is 0. The number of rotatable bonds is 7. The van der Waals surface area contributed by atoms with Gasteiger partial charge in [0.1, 0.15) is 6.67 Å². The summed E-state index contributed by atoms with van der Waals surface area (Å²) >= 11 is 0. The molecule has 0 bridgehead atoms. The van der Waals surface area contributed by atoms with Crippen LogP contribution in [0.3, 0.4) is 0 Å². The van der Waals surface area contributed by atoms with Gasteiger partial charge < -0.3 is 26.2 Å². The van der Waals surface area contributed by atoms with Gasteiger partial charge >= 0.3 is 11.9 Å². The molecule has 206 valence electrons. The molecule has 0 spiro atoms. The monoisotopic (exact) mass is 543 g/mol. The molecule has 12 nitrogen and oxygen atoms in total. The minimum atomic E-state index is -1.03. The molecule has 0 saturated heterocycles. The topological polar surface area (TPSA) is 168 Å². The number of nitrogens with one attached hydrogen (secondary N) is 4. The highest BCUT2D eigenvalue weighted by Crippen LogP contribution is 2.17. The number of anilines is 3. The second-order valence-corrected chi connectivity index (χ2v) is 9.89. The van der Waals surface area contributed by atoms with Crippen molar-refractivity contribution in [3.05, 3.63) is 89.5 Å². The standard InChI is InChI=1S/C28H29N7O5/c1-28(2,3)33-23(36)17-4-10-20(11-5-17)30-26-29-16-35(34-22-14-8-19(9-15-22)25(39)40)27(32-26)31-21-12-6-18(7-13-21)24(37)38/h4-15,34H,16H2,1-3H3,(H,33,36)(H,37,38)(H,39,40)(H2,29,30,31,32). The van der Waals surface area contributed by atoms with E-state index in [4.69, 9.17) is 5.11 Å². The van der Waals surface area contributed by atoms with Crippen molar-refractivity contribution in [3.8, 4) is 0 Å². The second-order valence-electron chi connectivity index (χ2n) is 9.89. The first-order valence-electron chi connectivity index (χ1n) is 12.3. The van der Waals surface area contributed by atoms with E-state index in [1.165, 1.54) is 24.3 Å². The Labute approximate surface area is 230 Å². The molecule has 40 heavy (non-hydrogen) atoms. The Bertz CT molecular complexity index is 1460. The predicted octanol–water partition coefficient (Wildman–Crippen LogP) is 4.15. The summed E-state index contributed by atoms with van der Waals surface area (Å²) in [6, 6.07) is 19.3. The van der Waals surface area contributed by atoms with Crippen molar-refractivity contribution in [1.82, 2.24) is 10.3 Å². The molecule has 0 fully saturated rings. The van der Waals surface area contributed by atoms with Crippen molar-refractivity contribution < 1.29 is 24.6 Å². The van der Waals surface area contributed by atoms with Gasteiger partial charge in [-0.15, -0.1) is 0 Å². The minimum Gasteiger partial charge on any atom is -0.478 e. The van der Waals surface area contributed by atoms with E-state index in [0.717, 1.165) is 0 Å². The lowest BCUT2D eigenvalue weighted by Gasteiger charge is -2.29. The van der Waals surface area contributed by atoms with E-state index >= 15 is 0 Å². The number of hydrazine groups is 1. The summed E-state index contributed by atoms with van der Waals surface area (Å²) < 4.78 is 0. The third kappa shape index (κ3) is 7.34. The van der Waals surface area contributed by atoms with Gasteiger partial charge in [-0.05, 0) is 93.6 Å². The Morgan fingerprint density at radius 1 is 0.725 bits per heavy atom. The molecule has 6 N–H and O–H groups in total. The zero-order valence-corrected chi connectivity index (χ0v) is 22.1. The molecule has 1 aliphatic rings. The van der Waals surface area contributed by atoms with Gasteiger partial charge in [0, 0.05) is 22.5 Å². The average molecular weight is 544 g/mol. The van der Waals surface area contributed by atoms with Gasteiger partial charge in [-0.3, -0.25) is 10.2 Å². The molecule has 4 rings (SSSR count). The molecule has 1 heterocycles. The van der Waals surface area contributed by atoms with Crippen molar-refractivity contribution in [2.75, 3.05) is 22.7 Å². The molecule has 3 aromatic rings. The van der Waals surface area contributed by atoms with Gasteiger partial charge in [0.2, 0.25) is 11.9 Å².